The zero-order chi connectivity index (χ0) is 15.5. The number of carbonyl (C=O) groups is 1. The maximum atomic E-state index is 12.5. The van der Waals surface area contributed by atoms with E-state index in [1.807, 2.05) is 66.3 Å². The number of nitrogens with zero attached hydrogens (tertiary/aromatic N) is 1. The Morgan fingerprint density at radius 2 is 2.00 bits per heavy atom. The van der Waals surface area contributed by atoms with Gasteiger partial charge in [-0.2, -0.15) is 0 Å². The van der Waals surface area contributed by atoms with Crippen LogP contribution in [0, 0.1) is 0 Å². The summed E-state index contributed by atoms with van der Waals surface area (Å²) in [7, 11) is 3.58. The monoisotopic (exact) mass is 294 g/mol. The van der Waals surface area contributed by atoms with E-state index < -0.39 is 0 Å². The molecule has 3 aromatic rings. The average Bonchev–Trinajstić information content (AvgIpc) is 2.90. The predicted molar refractivity (Wildman–Crippen MR) is 88.7 cm³/mol. The van der Waals surface area contributed by atoms with Crippen LogP contribution < -0.4 is 10.1 Å². The number of fused-ring (bicyclic) bond motifs is 1. The Labute approximate surface area is 129 Å². The minimum Gasteiger partial charge on any atom is -0.497 e. The Kier molecular flexibility index (Phi) is 3.83. The molecule has 0 aliphatic carbocycles. The number of Topliss-reactive ketones (excluding diaryl/α,β-unsaturated/α-hetero) is 1. The number of ketones is 1. The van der Waals surface area contributed by atoms with Crippen molar-refractivity contribution < 1.29 is 9.53 Å². The van der Waals surface area contributed by atoms with Gasteiger partial charge in [-0.05, 0) is 18.2 Å². The zero-order valence-electron chi connectivity index (χ0n) is 12.7. The van der Waals surface area contributed by atoms with Gasteiger partial charge in [-0.15, -0.1) is 0 Å². The molecule has 3 rings (SSSR count). The van der Waals surface area contributed by atoms with Crippen molar-refractivity contribution in [2.24, 2.45) is 7.05 Å². The Morgan fingerprint density at radius 1 is 1.18 bits per heavy atom. The van der Waals surface area contributed by atoms with Crippen LogP contribution in [0.3, 0.4) is 0 Å². The summed E-state index contributed by atoms with van der Waals surface area (Å²) in [4.78, 5) is 12.5. The molecule has 1 N–H and O–H groups in total. The van der Waals surface area contributed by atoms with Crippen LogP contribution in [0.4, 0.5) is 5.69 Å². The Hall–Kier alpha value is -2.75. The van der Waals surface area contributed by atoms with Crippen LogP contribution in [0.5, 0.6) is 5.75 Å². The van der Waals surface area contributed by atoms with E-state index in [2.05, 4.69) is 5.32 Å². The number of aromatic nitrogens is 1. The van der Waals surface area contributed by atoms with E-state index in [-0.39, 0.29) is 12.3 Å². The maximum Gasteiger partial charge on any atom is 0.184 e. The van der Waals surface area contributed by atoms with E-state index in [1.54, 1.807) is 7.11 Å². The van der Waals surface area contributed by atoms with Gasteiger partial charge < -0.3 is 14.6 Å². The average molecular weight is 294 g/mol. The largest absolute Gasteiger partial charge is 0.497 e. The molecular weight excluding hydrogens is 276 g/mol. The Balaban J connectivity index is 1.79. The Bertz CT molecular complexity index is 821. The molecule has 2 aromatic carbocycles. The minimum absolute atomic E-state index is 0.0691. The SMILES string of the molecule is COc1cccc(NCC(=O)c2cn(C)c3ccccc23)c1. The molecule has 1 aromatic heterocycles. The van der Waals surface area contributed by atoms with Crippen LogP contribution in [0.1, 0.15) is 10.4 Å². The van der Waals surface area contributed by atoms with Crippen molar-refractivity contribution in [3.63, 3.8) is 0 Å². The van der Waals surface area contributed by atoms with Gasteiger partial charge in [0.1, 0.15) is 5.75 Å². The van der Waals surface area contributed by atoms with Crippen molar-refractivity contribution in [1.82, 2.24) is 4.57 Å². The summed E-state index contributed by atoms with van der Waals surface area (Å²) in [5.74, 6) is 0.835. The van der Waals surface area contributed by atoms with Gasteiger partial charge in [0, 0.05) is 41.5 Å². The van der Waals surface area contributed by atoms with Crippen LogP contribution in [-0.4, -0.2) is 24.0 Å². The van der Waals surface area contributed by atoms with Gasteiger partial charge in [0.2, 0.25) is 0 Å². The number of hydrogen-bond acceptors (Lipinski definition) is 3. The number of hydrogen-bond donors (Lipinski definition) is 1. The van der Waals surface area contributed by atoms with Crippen molar-refractivity contribution in [2.45, 2.75) is 0 Å². The minimum atomic E-state index is 0.0691. The lowest BCUT2D eigenvalue weighted by atomic mass is 10.1. The highest BCUT2D eigenvalue weighted by Crippen LogP contribution is 2.21. The highest BCUT2D eigenvalue weighted by molar-refractivity contribution is 6.09. The fraction of sp³-hybridized carbons (Fsp3) is 0.167. The number of para-hydroxylation sites is 1. The molecule has 0 spiro atoms. The summed E-state index contributed by atoms with van der Waals surface area (Å²) in [6.45, 7) is 0.251. The number of ether oxygens (including phenoxy) is 1. The smallest absolute Gasteiger partial charge is 0.184 e. The normalized spacial score (nSPS) is 10.6. The first-order valence-corrected chi connectivity index (χ1v) is 7.14. The molecule has 0 fully saturated rings. The molecule has 0 radical (unpaired) electrons. The summed E-state index contributed by atoms with van der Waals surface area (Å²) in [6.07, 6.45) is 1.89. The van der Waals surface area contributed by atoms with Crippen molar-refractivity contribution in [1.29, 1.82) is 0 Å². The summed E-state index contributed by atoms with van der Waals surface area (Å²) in [5, 5.41) is 4.14. The third-order valence-corrected chi connectivity index (χ3v) is 3.72. The van der Waals surface area contributed by atoms with Crippen molar-refractivity contribution >= 4 is 22.4 Å². The number of methoxy groups -OCH3 is 1. The van der Waals surface area contributed by atoms with E-state index >= 15 is 0 Å². The highest BCUT2D eigenvalue weighted by Gasteiger charge is 2.13. The molecule has 112 valence electrons. The number of nitrogens with one attached hydrogen (secondary N) is 1. The summed E-state index contributed by atoms with van der Waals surface area (Å²) >= 11 is 0. The first-order valence-electron chi connectivity index (χ1n) is 7.14. The number of anilines is 1. The quantitative estimate of drug-likeness (QED) is 0.733. The lowest BCUT2D eigenvalue weighted by Gasteiger charge is -2.07. The molecule has 0 atom stereocenters. The molecule has 22 heavy (non-hydrogen) atoms. The lowest BCUT2D eigenvalue weighted by Crippen LogP contribution is -2.13. The number of rotatable bonds is 5. The van der Waals surface area contributed by atoms with Crippen molar-refractivity contribution in [3.8, 4) is 5.75 Å². The Morgan fingerprint density at radius 3 is 2.82 bits per heavy atom. The van der Waals surface area contributed by atoms with Crippen LogP contribution in [0.2, 0.25) is 0 Å². The molecular formula is C18H18N2O2. The van der Waals surface area contributed by atoms with Crippen LogP contribution in [-0.2, 0) is 7.05 Å². The third-order valence-electron chi connectivity index (χ3n) is 3.72. The standard InChI is InChI=1S/C18H18N2O2/c1-20-12-16(15-8-3-4-9-17(15)20)18(21)11-19-13-6-5-7-14(10-13)22-2/h3-10,12,19H,11H2,1-2H3. The molecule has 0 unspecified atom stereocenters. The molecule has 0 bridgehead atoms. The van der Waals surface area contributed by atoms with E-state index in [0.29, 0.717) is 0 Å². The molecule has 4 nitrogen and oxygen atoms in total. The maximum absolute atomic E-state index is 12.5. The van der Waals surface area contributed by atoms with Gasteiger partial charge in [0.25, 0.3) is 0 Å². The van der Waals surface area contributed by atoms with Gasteiger partial charge in [-0.3, -0.25) is 4.79 Å². The van der Waals surface area contributed by atoms with Gasteiger partial charge >= 0.3 is 0 Å². The first kappa shape index (κ1) is 14.2. The molecule has 0 aliphatic heterocycles. The second-order valence-electron chi connectivity index (χ2n) is 5.18. The predicted octanol–water partition coefficient (Wildman–Crippen LogP) is 3.48. The van der Waals surface area contributed by atoms with Gasteiger partial charge in [0.15, 0.2) is 5.78 Å². The molecule has 0 aliphatic rings. The second-order valence-corrected chi connectivity index (χ2v) is 5.18. The number of benzene rings is 2. The van der Waals surface area contributed by atoms with E-state index in [4.69, 9.17) is 4.74 Å². The van der Waals surface area contributed by atoms with E-state index in [0.717, 1.165) is 27.9 Å². The second kappa shape index (κ2) is 5.93. The summed E-state index contributed by atoms with van der Waals surface area (Å²) in [5.41, 5.74) is 2.67. The molecule has 0 amide bonds. The lowest BCUT2D eigenvalue weighted by molar-refractivity contribution is 0.101. The topological polar surface area (TPSA) is 43.3 Å². The van der Waals surface area contributed by atoms with E-state index in [9.17, 15) is 4.79 Å². The van der Waals surface area contributed by atoms with Gasteiger partial charge in [0.05, 0.1) is 13.7 Å². The van der Waals surface area contributed by atoms with Crippen LogP contribution in [0.15, 0.2) is 54.7 Å². The van der Waals surface area contributed by atoms with Crippen molar-refractivity contribution in [3.05, 3.63) is 60.3 Å². The highest BCUT2D eigenvalue weighted by atomic mass is 16.5. The summed E-state index contributed by atoms with van der Waals surface area (Å²) < 4.78 is 7.16. The third kappa shape index (κ3) is 2.68. The zero-order valence-corrected chi connectivity index (χ0v) is 12.7. The first-order chi connectivity index (χ1) is 10.7. The van der Waals surface area contributed by atoms with Crippen LogP contribution >= 0.6 is 0 Å². The molecule has 1 heterocycles. The van der Waals surface area contributed by atoms with Crippen LogP contribution in [0.25, 0.3) is 10.9 Å². The van der Waals surface area contributed by atoms with Gasteiger partial charge in [-0.1, -0.05) is 24.3 Å². The fourth-order valence-corrected chi connectivity index (χ4v) is 2.57. The summed E-state index contributed by atoms with van der Waals surface area (Å²) in [6, 6.07) is 15.5. The molecule has 4 heteroatoms. The van der Waals surface area contributed by atoms with Crippen molar-refractivity contribution in [2.75, 3.05) is 19.0 Å². The number of carbonyl (C=O) groups excluding carboxylic acids is 1. The fourth-order valence-electron chi connectivity index (χ4n) is 2.57. The number of aryl methyl sites for hydroxylation is 1. The molecule has 0 saturated heterocycles. The molecule has 0 saturated carbocycles. The van der Waals surface area contributed by atoms with Gasteiger partial charge in [-0.25, -0.2) is 0 Å². The van der Waals surface area contributed by atoms with E-state index in [1.165, 1.54) is 0 Å².